The fourth-order valence-corrected chi connectivity index (χ4v) is 3.24. The summed E-state index contributed by atoms with van der Waals surface area (Å²) in [5, 5.41) is 0. The highest BCUT2D eigenvalue weighted by Gasteiger charge is 2.18. The van der Waals surface area contributed by atoms with Gasteiger partial charge in [-0.1, -0.05) is 53.2 Å². The molecule has 2 aromatic carbocycles. The third-order valence-corrected chi connectivity index (χ3v) is 4.66. The first-order valence-electron chi connectivity index (χ1n) is 7.34. The summed E-state index contributed by atoms with van der Waals surface area (Å²) in [5.74, 6) is 0.863. The van der Waals surface area contributed by atoms with E-state index in [0.29, 0.717) is 0 Å². The van der Waals surface area contributed by atoms with E-state index < -0.39 is 0 Å². The van der Waals surface area contributed by atoms with Gasteiger partial charge in [-0.15, -0.1) is 0 Å². The molecule has 2 aromatic rings. The molecule has 3 rings (SSSR count). The molecule has 0 unspecified atom stereocenters. The quantitative estimate of drug-likeness (QED) is 0.717. The normalized spacial score (nSPS) is 16.4. The lowest BCUT2D eigenvalue weighted by Crippen LogP contribution is -2.33. The van der Waals surface area contributed by atoms with E-state index in [1.807, 2.05) is 0 Å². The van der Waals surface area contributed by atoms with Gasteiger partial charge >= 0.3 is 0 Å². The Hall–Kier alpha value is -1.28. The third kappa shape index (κ3) is 2.90. The Morgan fingerprint density at radius 3 is 2.40 bits per heavy atom. The van der Waals surface area contributed by atoms with Crippen molar-refractivity contribution in [1.29, 1.82) is 0 Å². The minimum absolute atomic E-state index is 0.863. The van der Waals surface area contributed by atoms with Gasteiger partial charge in [-0.2, -0.15) is 0 Å². The first kappa shape index (κ1) is 13.7. The van der Waals surface area contributed by atoms with E-state index in [-0.39, 0.29) is 0 Å². The number of hydrogen-bond donors (Lipinski definition) is 0. The zero-order chi connectivity index (χ0) is 13.9. The molecule has 1 nitrogen and oxygen atoms in total. The van der Waals surface area contributed by atoms with Crippen molar-refractivity contribution in [2.75, 3.05) is 18.0 Å². The molecule has 0 amide bonds. The lowest BCUT2D eigenvalue weighted by atomic mass is 9.96. The zero-order valence-electron chi connectivity index (χ0n) is 11.8. The molecule has 1 heterocycles. The number of nitrogens with zero attached hydrogens (tertiary/aromatic N) is 1. The molecule has 0 atom stereocenters. The van der Waals surface area contributed by atoms with Crippen LogP contribution in [-0.4, -0.2) is 13.1 Å². The molecule has 1 fully saturated rings. The second-order valence-electron chi connectivity index (χ2n) is 5.70. The fraction of sp³-hybridized carbons (Fsp3) is 0.333. The second kappa shape index (κ2) is 6.01. The summed E-state index contributed by atoms with van der Waals surface area (Å²) in [6.45, 7) is 4.70. The van der Waals surface area contributed by atoms with E-state index in [4.69, 9.17) is 0 Å². The highest BCUT2D eigenvalue weighted by molar-refractivity contribution is 9.10. The molecule has 1 aliphatic rings. The molecule has 0 N–H and O–H groups in total. The van der Waals surface area contributed by atoms with Gasteiger partial charge in [0.1, 0.15) is 0 Å². The molecule has 1 aliphatic heterocycles. The predicted molar refractivity (Wildman–Crippen MR) is 90.2 cm³/mol. The number of hydrogen-bond acceptors (Lipinski definition) is 1. The maximum absolute atomic E-state index is 3.61. The molecule has 0 spiro atoms. The Morgan fingerprint density at radius 2 is 1.70 bits per heavy atom. The van der Waals surface area contributed by atoms with E-state index in [9.17, 15) is 0 Å². The summed E-state index contributed by atoms with van der Waals surface area (Å²) in [6, 6.07) is 17.3. The van der Waals surface area contributed by atoms with Crippen LogP contribution in [0.2, 0.25) is 0 Å². The van der Waals surface area contributed by atoms with Crippen molar-refractivity contribution in [3.63, 3.8) is 0 Å². The molecule has 0 saturated carbocycles. The standard InChI is InChI=1S/C18H20BrN/c1-14-9-11-20(12-10-14)18-8-7-16(19)13-17(18)15-5-3-2-4-6-15/h2-8,13-14H,9-12H2,1H3. The molecule has 104 valence electrons. The smallest absolute Gasteiger partial charge is 0.0446 e. The molecule has 0 radical (unpaired) electrons. The molecule has 0 aromatic heterocycles. The fourth-order valence-electron chi connectivity index (χ4n) is 2.88. The summed E-state index contributed by atoms with van der Waals surface area (Å²) < 4.78 is 1.14. The van der Waals surface area contributed by atoms with Crippen molar-refractivity contribution in [2.45, 2.75) is 19.8 Å². The van der Waals surface area contributed by atoms with Gasteiger partial charge in [0.25, 0.3) is 0 Å². The summed E-state index contributed by atoms with van der Waals surface area (Å²) in [6.07, 6.45) is 2.59. The molecule has 1 saturated heterocycles. The van der Waals surface area contributed by atoms with Crippen LogP contribution >= 0.6 is 15.9 Å². The average molecular weight is 330 g/mol. The Balaban J connectivity index is 1.99. The van der Waals surface area contributed by atoms with Crippen LogP contribution in [0.5, 0.6) is 0 Å². The van der Waals surface area contributed by atoms with Crippen molar-refractivity contribution in [2.24, 2.45) is 5.92 Å². The maximum Gasteiger partial charge on any atom is 0.0446 e. The third-order valence-electron chi connectivity index (χ3n) is 4.17. The average Bonchev–Trinajstić information content (AvgIpc) is 2.49. The SMILES string of the molecule is CC1CCN(c2ccc(Br)cc2-c2ccccc2)CC1. The van der Waals surface area contributed by atoms with Gasteiger partial charge in [-0.25, -0.2) is 0 Å². The van der Waals surface area contributed by atoms with Crippen LogP contribution in [-0.2, 0) is 0 Å². The lowest BCUT2D eigenvalue weighted by Gasteiger charge is -2.33. The first-order valence-corrected chi connectivity index (χ1v) is 8.13. The highest BCUT2D eigenvalue weighted by atomic mass is 79.9. The van der Waals surface area contributed by atoms with Crippen molar-refractivity contribution in [3.05, 3.63) is 53.0 Å². The minimum Gasteiger partial charge on any atom is -0.371 e. The maximum atomic E-state index is 3.61. The van der Waals surface area contributed by atoms with Crippen LogP contribution in [0.4, 0.5) is 5.69 Å². The van der Waals surface area contributed by atoms with Crippen molar-refractivity contribution in [3.8, 4) is 11.1 Å². The van der Waals surface area contributed by atoms with E-state index in [1.54, 1.807) is 0 Å². The van der Waals surface area contributed by atoms with E-state index in [0.717, 1.165) is 10.4 Å². The van der Waals surface area contributed by atoms with Crippen molar-refractivity contribution < 1.29 is 0 Å². The Morgan fingerprint density at radius 1 is 1.00 bits per heavy atom. The van der Waals surface area contributed by atoms with Crippen LogP contribution in [0, 0.1) is 5.92 Å². The summed E-state index contributed by atoms with van der Waals surface area (Å²) in [5.41, 5.74) is 3.99. The van der Waals surface area contributed by atoms with Gasteiger partial charge in [-0.3, -0.25) is 0 Å². The highest BCUT2D eigenvalue weighted by Crippen LogP contribution is 2.35. The van der Waals surface area contributed by atoms with Crippen LogP contribution in [0.25, 0.3) is 11.1 Å². The lowest BCUT2D eigenvalue weighted by molar-refractivity contribution is 0.438. The Labute approximate surface area is 129 Å². The van der Waals surface area contributed by atoms with Crippen molar-refractivity contribution >= 4 is 21.6 Å². The van der Waals surface area contributed by atoms with E-state index >= 15 is 0 Å². The van der Waals surface area contributed by atoms with Crippen LogP contribution in [0.15, 0.2) is 53.0 Å². The number of benzene rings is 2. The number of anilines is 1. The molecular weight excluding hydrogens is 310 g/mol. The van der Waals surface area contributed by atoms with Crippen molar-refractivity contribution in [1.82, 2.24) is 0 Å². The number of halogens is 1. The predicted octanol–water partition coefficient (Wildman–Crippen LogP) is 5.35. The van der Waals surface area contributed by atoms with Crippen LogP contribution in [0.1, 0.15) is 19.8 Å². The topological polar surface area (TPSA) is 3.24 Å². The number of rotatable bonds is 2. The summed E-state index contributed by atoms with van der Waals surface area (Å²) >= 11 is 3.61. The largest absolute Gasteiger partial charge is 0.371 e. The van der Waals surface area contributed by atoms with E-state index in [1.165, 1.54) is 42.7 Å². The van der Waals surface area contributed by atoms with E-state index in [2.05, 4.69) is 76.3 Å². The van der Waals surface area contributed by atoms with Gasteiger partial charge in [0, 0.05) is 28.8 Å². The molecule has 0 aliphatic carbocycles. The first-order chi connectivity index (χ1) is 9.74. The zero-order valence-corrected chi connectivity index (χ0v) is 13.4. The molecule has 0 bridgehead atoms. The van der Waals surface area contributed by atoms with Gasteiger partial charge in [0.15, 0.2) is 0 Å². The van der Waals surface area contributed by atoms with Crippen LogP contribution in [0.3, 0.4) is 0 Å². The Bertz CT molecular complexity index is 571. The molecule has 2 heteroatoms. The second-order valence-corrected chi connectivity index (χ2v) is 6.61. The van der Waals surface area contributed by atoms with Crippen LogP contribution < -0.4 is 4.90 Å². The summed E-state index contributed by atoms with van der Waals surface area (Å²) in [4.78, 5) is 2.54. The van der Waals surface area contributed by atoms with Gasteiger partial charge in [0.2, 0.25) is 0 Å². The molecular formula is C18H20BrN. The van der Waals surface area contributed by atoms with Gasteiger partial charge < -0.3 is 4.90 Å². The number of piperidine rings is 1. The van der Waals surface area contributed by atoms with Gasteiger partial charge in [0.05, 0.1) is 0 Å². The summed E-state index contributed by atoms with van der Waals surface area (Å²) in [7, 11) is 0. The molecule has 20 heavy (non-hydrogen) atoms. The van der Waals surface area contributed by atoms with Gasteiger partial charge in [-0.05, 0) is 42.5 Å². The minimum atomic E-state index is 0.863. The Kier molecular flexibility index (Phi) is 4.11. The monoisotopic (exact) mass is 329 g/mol.